The van der Waals surface area contributed by atoms with Crippen molar-refractivity contribution in [3.8, 4) is 0 Å². The van der Waals surface area contributed by atoms with Crippen LogP contribution in [-0.2, 0) is 32.6 Å². The van der Waals surface area contributed by atoms with Crippen LogP contribution < -0.4 is 14.9 Å². The first kappa shape index (κ1) is 22.9. The topological polar surface area (TPSA) is 108 Å². The average molecular weight is 445 g/mol. The Hall–Kier alpha value is -2.78. The number of pyridine rings is 1. The van der Waals surface area contributed by atoms with Crippen molar-refractivity contribution in [3.63, 3.8) is 0 Å². The largest absolute Gasteiger partial charge is 0.349 e. The predicted octanol–water partition coefficient (Wildman–Crippen LogP) is 2.00. The normalized spacial score (nSPS) is 16.8. The summed E-state index contributed by atoms with van der Waals surface area (Å²) < 4.78 is 28.6. The van der Waals surface area contributed by atoms with Crippen LogP contribution in [0.15, 0.2) is 47.5 Å². The molecule has 3 rings (SSSR count). The van der Waals surface area contributed by atoms with E-state index in [9.17, 15) is 18.0 Å². The van der Waals surface area contributed by atoms with Gasteiger partial charge in [0.25, 0.3) is 0 Å². The Labute approximate surface area is 183 Å². The number of anilines is 1. The van der Waals surface area contributed by atoms with Crippen LogP contribution in [0.4, 0.5) is 5.69 Å². The van der Waals surface area contributed by atoms with Crippen molar-refractivity contribution in [1.29, 1.82) is 0 Å². The molecule has 0 saturated heterocycles. The summed E-state index contributed by atoms with van der Waals surface area (Å²) in [6, 6.07) is 9.13. The second-order valence-electron chi connectivity index (χ2n) is 8.11. The zero-order valence-corrected chi connectivity index (χ0v) is 18.9. The fourth-order valence-electron chi connectivity index (χ4n) is 3.77. The third-order valence-corrected chi connectivity index (χ3v) is 6.76. The zero-order valence-electron chi connectivity index (χ0n) is 18.1. The Kier molecular flexibility index (Phi) is 6.76. The summed E-state index contributed by atoms with van der Waals surface area (Å²) in [5.74, 6) is -0.757. The van der Waals surface area contributed by atoms with Gasteiger partial charge in [-0.3, -0.25) is 14.6 Å². The number of benzene rings is 1. The van der Waals surface area contributed by atoms with E-state index in [0.717, 1.165) is 11.3 Å². The Morgan fingerprint density at radius 1 is 1.23 bits per heavy atom. The lowest BCUT2D eigenvalue weighted by molar-refractivity contribution is -0.123. The van der Waals surface area contributed by atoms with E-state index in [1.807, 2.05) is 13.0 Å². The smallest absolute Gasteiger partial charge is 0.241 e. The number of fused-ring (bicyclic) bond motifs is 1. The second kappa shape index (κ2) is 9.15. The van der Waals surface area contributed by atoms with Gasteiger partial charge in [-0.05, 0) is 55.2 Å². The highest BCUT2D eigenvalue weighted by Gasteiger charge is 2.32. The number of carbonyl (C=O) groups is 2. The van der Waals surface area contributed by atoms with Crippen molar-refractivity contribution >= 4 is 27.5 Å². The SMILES string of the molecule is CC(=O)N1c2ccc(S(=O)(=O)NC(C(=O)NCc3ccccn3)C(C)C)cc2CC1C. The minimum absolute atomic E-state index is 0.0285. The van der Waals surface area contributed by atoms with Crippen LogP contribution in [0.1, 0.15) is 39.0 Å². The highest BCUT2D eigenvalue weighted by Crippen LogP contribution is 2.34. The van der Waals surface area contributed by atoms with E-state index < -0.39 is 22.0 Å². The average Bonchev–Trinajstić information content (AvgIpc) is 3.06. The molecule has 9 heteroatoms. The number of nitrogens with zero attached hydrogens (tertiary/aromatic N) is 2. The first-order valence-corrected chi connectivity index (χ1v) is 11.7. The number of amides is 2. The molecule has 1 aromatic heterocycles. The van der Waals surface area contributed by atoms with Crippen LogP contribution in [0.5, 0.6) is 0 Å². The minimum atomic E-state index is -3.94. The third kappa shape index (κ3) is 5.11. The molecular formula is C22H28N4O4S. The Morgan fingerprint density at radius 3 is 2.58 bits per heavy atom. The number of rotatable bonds is 7. The maximum absolute atomic E-state index is 13.0. The Bertz CT molecular complexity index is 1070. The van der Waals surface area contributed by atoms with Gasteiger partial charge in [-0.25, -0.2) is 8.42 Å². The van der Waals surface area contributed by atoms with Gasteiger partial charge < -0.3 is 10.2 Å². The molecule has 1 aliphatic heterocycles. The zero-order chi connectivity index (χ0) is 22.8. The Balaban J connectivity index is 1.77. The van der Waals surface area contributed by atoms with Gasteiger partial charge in [0.2, 0.25) is 21.8 Å². The quantitative estimate of drug-likeness (QED) is 0.679. The van der Waals surface area contributed by atoms with E-state index in [0.29, 0.717) is 12.1 Å². The number of aromatic nitrogens is 1. The first-order valence-electron chi connectivity index (χ1n) is 10.2. The summed E-state index contributed by atoms with van der Waals surface area (Å²) in [4.78, 5) is 30.5. The highest BCUT2D eigenvalue weighted by molar-refractivity contribution is 7.89. The molecule has 1 aliphatic rings. The van der Waals surface area contributed by atoms with Crippen molar-refractivity contribution in [1.82, 2.24) is 15.0 Å². The first-order chi connectivity index (χ1) is 14.6. The maximum Gasteiger partial charge on any atom is 0.241 e. The lowest BCUT2D eigenvalue weighted by atomic mass is 10.1. The predicted molar refractivity (Wildman–Crippen MR) is 118 cm³/mol. The molecule has 2 unspecified atom stereocenters. The number of hydrogen-bond acceptors (Lipinski definition) is 5. The van der Waals surface area contributed by atoms with Crippen molar-refractivity contribution in [2.75, 3.05) is 4.90 Å². The van der Waals surface area contributed by atoms with Crippen molar-refractivity contribution in [2.45, 2.75) is 57.6 Å². The molecule has 0 radical (unpaired) electrons. The fraction of sp³-hybridized carbons (Fsp3) is 0.409. The van der Waals surface area contributed by atoms with Crippen LogP contribution in [-0.4, -0.2) is 37.3 Å². The van der Waals surface area contributed by atoms with Gasteiger partial charge in [-0.15, -0.1) is 0 Å². The van der Waals surface area contributed by atoms with Gasteiger partial charge in [0.05, 0.1) is 17.1 Å². The monoisotopic (exact) mass is 444 g/mol. The summed E-state index contributed by atoms with van der Waals surface area (Å²) >= 11 is 0. The molecule has 2 heterocycles. The molecule has 2 N–H and O–H groups in total. The molecule has 2 amide bonds. The van der Waals surface area contributed by atoms with Crippen molar-refractivity contribution in [2.24, 2.45) is 5.92 Å². The maximum atomic E-state index is 13.0. The number of hydrogen-bond donors (Lipinski definition) is 2. The molecule has 0 spiro atoms. The molecule has 2 atom stereocenters. The van der Waals surface area contributed by atoms with E-state index in [-0.39, 0.29) is 29.3 Å². The van der Waals surface area contributed by atoms with Crippen LogP contribution in [0, 0.1) is 5.92 Å². The number of sulfonamides is 1. The molecular weight excluding hydrogens is 416 g/mol. The number of carbonyl (C=O) groups excluding carboxylic acids is 2. The fourth-order valence-corrected chi connectivity index (χ4v) is 5.17. The van der Waals surface area contributed by atoms with Crippen LogP contribution in [0.2, 0.25) is 0 Å². The third-order valence-electron chi connectivity index (χ3n) is 5.32. The Morgan fingerprint density at radius 2 is 1.97 bits per heavy atom. The van der Waals surface area contributed by atoms with Gasteiger partial charge in [-0.1, -0.05) is 19.9 Å². The standard InChI is InChI=1S/C22H28N4O4S/c1-14(2)21(22(28)24-13-18-7-5-6-10-23-18)25-31(29,30)19-8-9-20-17(12-19)11-15(3)26(20)16(4)27/h5-10,12,14-15,21,25H,11,13H2,1-4H3,(H,24,28). The molecule has 0 aliphatic carbocycles. The molecule has 31 heavy (non-hydrogen) atoms. The van der Waals surface area contributed by atoms with Crippen molar-refractivity contribution in [3.05, 3.63) is 53.9 Å². The van der Waals surface area contributed by atoms with Gasteiger partial charge >= 0.3 is 0 Å². The van der Waals surface area contributed by atoms with Gasteiger partial charge in [-0.2, -0.15) is 4.72 Å². The van der Waals surface area contributed by atoms with Gasteiger partial charge in [0.15, 0.2) is 0 Å². The molecule has 0 fully saturated rings. The van der Waals surface area contributed by atoms with Crippen LogP contribution in [0.25, 0.3) is 0 Å². The summed E-state index contributed by atoms with van der Waals surface area (Å²) in [7, 11) is -3.94. The van der Waals surface area contributed by atoms with E-state index >= 15 is 0 Å². The second-order valence-corrected chi connectivity index (χ2v) is 9.83. The van der Waals surface area contributed by atoms with Crippen molar-refractivity contribution < 1.29 is 18.0 Å². The molecule has 2 aromatic rings. The highest BCUT2D eigenvalue weighted by atomic mass is 32.2. The van der Waals surface area contributed by atoms with Crippen LogP contribution >= 0.6 is 0 Å². The molecule has 0 saturated carbocycles. The summed E-state index contributed by atoms with van der Waals surface area (Å²) in [5, 5.41) is 2.75. The molecule has 0 bridgehead atoms. The minimum Gasteiger partial charge on any atom is -0.349 e. The van der Waals surface area contributed by atoms with E-state index in [4.69, 9.17) is 0 Å². The van der Waals surface area contributed by atoms with E-state index in [1.165, 1.54) is 13.0 Å². The molecule has 1 aromatic carbocycles. The van der Waals surface area contributed by atoms with E-state index in [1.54, 1.807) is 49.2 Å². The molecule has 8 nitrogen and oxygen atoms in total. The van der Waals surface area contributed by atoms with Gasteiger partial charge in [0, 0.05) is 24.8 Å². The summed E-state index contributed by atoms with van der Waals surface area (Å²) in [6.07, 6.45) is 2.21. The number of nitrogens with one attached hydrogen (secondary N) is 2. The summed E-state index contributed by atoms with van der Waals surface area (Å²) in [6.45, 7) is 7.19. The van der Waals surface area contributed by atoms with Gasteiger partial charge in [0.1, 0.15) is 6.04 Å². The van der Waals surface area contributed by atoms with E-state index in [2.05, 4.69) is 15.0 Å². The molecule has 166 valence electrons. The lowest BCUT2D eigenvalue weighted by Gasteiger charge is -2.22. The lowest BCUT2D eigenvalue weighted by Crippen LogP contribution is -2.49. The summed E-state index contributed by atoms with van der Waals surface area (Å²) in [5.41, 5.74) is 2.21. The van der Waals surface area contributed by atoms with Crippen LogP contribution in [0.3, 0.4) is 0 Å².